The van der Waals surface area contributed by atoms with Gasteiger partial charge in [-0.3, -0.25) is 0 Å². The molecule has 0 unspecified atom stereocenters. The summed E-state index contributed by atoms with van der Waals surface area (Å²) in [5.74, 6) is 6.08. The van der Waals surface area contributed by atoms with Gasteiger partial charge in [0.1, 0.15) is 0 Å². The molecule has 1 nitrogen and oxygen atoms in total. The van der Waals surface area contributed by atoms with Crippen LogP contribution < -0.4 is 5.73 Å². The van der Waals surface area contributed by atoms with Gasteiger partial charge in [0.25, 0.3) is 0 Å². The molecule has 0 atom stereocenters. The molecule has 0 saturated heterocycles. The molecule has 112 valence electrons. The molecule has 0 fully saturated rings. The number of benzene rings is 1. The van der Waals surface area contributed by atoms with Crippen LogP contribution >= 0.6 is 0 Å². The molecule has 0 aliphatic rings. The SMILES string of the molecule is C=C/C=C\C(C=CC#Cc1ccccc1)=C/C.CC.CN. The number of hydrogen-bond donors (Lipinski definition) is 1. The minimum atomic E-state index is 1.03. The molecule has 1 aromatic carbocycles. The average Bonchev–Trinajstić information content (AvgIpc) is 2.59. The number of allylic oxidation sites excluding steroid dienone is 7. The van der Waals surface area contributed by atoms with Crippen molar-refractivity contribution in [1.82, 2.24) is 0 Å². The van der Waals surface area contributed by atoms with Crippen LogP contribution in [-0.4, -0.2) is 7.05 Å². The van der Waals surface area contributed by atoms with Gasteiger partial charge in [0.05, 0.1) is 0 Å². The quantitative estimate of drug-likeness (QED) is 0.620. The van der Waals surface area contributed by atoms with E-state index < -0.39 is 0 Å². The molecule has 1 aromatic rings. The zero-order valence-corrected chi connectivity index (χ0v) is 13.6. The lowest BCUT2D eigenvalue weighted by molar-refractivity contribution is 1.48. The Morgan fingerprint density at radius 2 is 1.71 bits per heavy atom. The highest BCUT2D eigenvalue weighted by atomic mass is 14.4. The van der Waals surface area contributed by atoms with Crippen molar-refractivity contribution >= 4 is 0 Å². The van der Waals surface area contributed by atoms with Gasteiger partial charge < -0.3 is 5.73 Å². The van der Waals surface area contributed by atoms with Crippen molar-refractivity contribution in [3.63, 3.8) is 0 Å². The number of nitrogens with two attached hydrogens (primary N) is 1. The zero-order chi connectivity index (χ0) is 16.3. The molecular formula is C20H27N. The second-order valence-corrected chi connectivity index (χ2v) is 3.35. The molecule has 1 rings (SSSR count). The van der Waals surface area contributed by atoms with Crippen molar-refractivity contribution in [3.8, 4) is 11.8 Å². The van der Waals surface area contributed by atoms with Gasteiger partial charge in [-0.05, 0) is 43.8 Å². The minimum absolute atomic E-state index is 1.03. The van der Waals surface area contributed by atoms with Crippen LogP contribution in [0.5, 0.6) is 0 Å². The van der Waals surface area contributed by atoms with E-state index in [2.05, 4.69) is 24.2 Å². The van der Waals surface area contributed by atoms with E-state index >= 15 is 0 Å². The van der Waals surface area contributed by atoms with Gasteiger partial charge in [-0.25, -0.2) is 0 Å². The second-order valence-electron chi connectivity index (χ2n) is 3.35. The Balaban J connectivity index is 0. The van der Waals surface area contributed by atoms with E-state index in [0.29, 0.717) is 0 Å². The minimum Gasteiger partial charge on any atom is -0.333 e. The van der Waals surface area contributed by atoms with Crippen LogP contribution in [0.15, 0.2) is 78.9 Å². The Bertz CT molecular complexity index is 494. The van der Waals surface area contributed by atoms with E-state index in [9.17, 15) is 0 Å². The molecule has 0 radical (unpaired) electrons. The predicted molar refractivity (Wildman–Crippen MR) is 97.0 cm³/mol. The van der Waals surface area contributed by atoms with Gasteiger partial charge in [-0.15, -0.1) is 0 Å². The molecule has 0 amide bonds. The Hall–Kier alpha value is -2.30. The molecule has 0 aromatic heterocycles. The third-order valence-corrected chi connectivity index (χ3v) is 2.11. The molecule has 0 aliphatic carbocycles. The summed E-state index contributed by atoms with van der Waals surface area (Å²) in [6, 6.07) is 9.94. The molecule has 2 N–H and O–H groups in total. The summed E-state index contributed by atoms with van der Waals surface area (Å²) in [5.41, 5.74) is 6.65. The molecule has 21 heavy (non-hydrogen) atoms. The van der Waals surface area contributed by atoms with Gasteiger partial charge in [-0.2, -0.15) is 0 Å². The summed E-state index contributed by atoms with van der Waals surface area (Å²) in [7, 11) is 1.50. The monoisotopic (exact) mass is 281 g/mol. The standard InChI is InChI=1S/C17H16.C2H6.CH5N/c1-3-5-11-16(4-2)12-9-10-15-17-13-7-6-8-14-17;2*1-2/h3-9,11-14H,1H2,2H3;1-2H3;2H2,1H3/b11-5-,12-9?,16-4+;;. The van der Waals surface area contributed by atoms with E-state index in [1.807, 2.05) is 81.5 Å². The highest BCUT2D eigenvalue weighted by molar-refractivity contribution is 5.40. The molecule has 0 bridgehead atoms. The van der Waals surface area contributed by atoms with Crippen LogP contribution in [-0.2, 0) is 0 Å². The molecule has 0 saturated carbocycles. The molecule has 0 spiro atoms. The second kappa shape index (κ2) is 17.7. The van der Waals surface area contributed by atoms with Crippen molar-refractivity contribution in [1.29, 1.82) is 0 Å². The van der Waals surface area contributed by atoms with Crippen LogP contribution in [0.4, 0.5) is 0 Å². The molecular weight excluding hydrogens is 254 g/mol. The Kier molecular flexibility index (Phi) is 17.7. The Morgan fingerprint density at radius 1 is 1.10 bits per heavy atom. The van der Waals surface area contributed by atoms with Crippen LogP contribution in [0.3, 0.4) is 0 Å². The summed E-state index contributed by atoms with van der Waals surface area (Å²) in [5, 5.41) is 0. The van der Waals surface area contributed by atoms with Crippen LogP contribution in [0.1, 0.15) is 26.3 Å². The smallest absolute Gasteiger partial charge is 0.0248 e. The highest BCUT2D eigenvalue weighted by Crippen LogP contribution is 1.99. The van der Waals surface area contributed by atoms with Crippen molar-refractivity contribution in [2.75, 3.05) is 7.05 Å². The average molecular weight is 281 g/mol. The summed E-state index contributed by atoms with van der Waals surface area (Å²) < 4.78 is 0. The van der Waals surface area contributed by atoms with E-state index in [1.54, 1.807) is 6.08 Å². The van der Waals surface area contributed by atoms with Gasteiger partial charge >= 0.3 is 0 Å². The fraction of sp³-hybridized carbons (Fsp3) is 0.200. The van der Waals surface area contributed by atoms with Crippen LogP contribution in [0, 0.1) is 11.8 Å². The fourth-order valence-electron chi connectivity index (χ4n) is 1.21. The van der Waals surface area contributed by atoms with Crippen molar-refractivity contribution < 1.29 is 0 Å². The predicted octanol–water partition coefficient (Wildman–Crippen LogP) is 4.88. The van der Waals surface area contributed by atoms with Crippen molar-refractivity contribution in [2.45, 2.75) is 20.8 Å². The van der Waals surface area contributed by atoms with E-state index in [4.69, 9.17) is 0 Å². The summed E-state index contributed by atoms with van der Waals surface area (Å²) >= 11 is 0. The topological polar surface area (TPSA) is 26.0 Å². The highest BCUT2D eigenvalue weighted by Gasteiger charge is 1.81. The lowest BCUT2D eigenvalue weighted by Gasteiger charge is -1.88. The largest absolute Gasteiger partial charge is 0.333 e. The first-order valence-corrected chi connectivity index (χ1v) is 7.13. The first-order chi connectivity index (χ1) is 10.4. The molecule has 0 heterocycles. The lowest BCUT2D eigenvalue weighted by Crippen LogP contribution is -1.70. The van der Waals surface area contributed by atoms with Crippen LogP contribution in [0.2, 0.25) is 0 Å². The Labute approximate surface area is 130 Å². The maximum atomic E-state index is 4.50. The summed E-state index contributed by atoms with van der Waals surface area (Å²) in [4.78, 5) is 0. The van der Waals surface area contributed by atoms with Gasteiger partial charge in [0, 0.05) is 5.56 Å². The van der Waals surface area contributed by atoms with E-state index in [-0.39, 0.29) is 0 Å². The van der Waals surface area contributed by atoms with Crippen molar-refractivity contribution in [3.05, 3.63) is 84.5 Å². The first-order valence-electron chi connectivity index (χ1n) is 7.13. The van der Waals surface area contributed by atoms with Gasteiger partial charge in [0.15, 0.2) is 0 Å². The lowest BCUT2D eigenvalue weighted by atomic mass is 10.2. The molecule has 0 aliphatic heterocycles. The van der Waals surface area contributed by atoms with Crippen molar-refractivity contribution in [2.24, 2.45) is 5.73 Å². The van der Waals surface area contributed by atoms with Crippen LogP contribution in [0.25, 0.3) is 0 Å². The molecule has 1 heteroatoms. The maximum Gasteiger partial charge on any atom is 0.0248 e. The fourth-order valence-corrected chi connectivity index (χ4v) is 1.21. The normalized spacial score (nSPS) is 9.86. The summed E-state index contributed by atoms with van der Waals surface area (Å²) in [6.45, 7) is 9.63. The summed E-state index contributed by atoms with van der Waals surface area (Å²) in [6.07, 6.45) is 11.5. The van der Waals surface area contributed by atoms with E-state index in [0.717, 1.165) is 11.1 Å². The Morgan fingerprint density at radius 3 is 2.24 bits per heavy atom. The first kappa shape index (κ1) is 21.0. The number of rotatable bonds is 3. The third kappa shape index (κ3) is 12.5. The zero-order valence-electron chi connectivity index (χ0n) is 13.6. The number of hydrogen-bond acceptors (Lipinski definition) is 1. The maximum absolute atomic E-state index is 4.50. The van der Waals surface area contributed by atoms with Gasteiger partial charge in [0.2, 0.25) is 0 Å². The van der Waals surface area contributed by atoms with E-state index in [1.165, 1.54) is 7.05 Å². The van der Waals surface area contributed by atoms with Gasteiger partial charge in [-0.1, -0.05) is 74.8 Å². The third-order valence-electron chi connectivity index (χ3n) is 2.11.